The van der Waals surface area contributed by atoms with Crippen molar-refractivity contribution in [3.05, 3.63) is 0 Å². The maximum atomic E-state index is 12.1. The molecule has 1 unspecified atom stereocenters. The van der Waals surface area contributed by atoms with E-state index in [1.165, 1.54) is 12.8 Å². The van der Waals surface area contributed by atoms with Crippen LogP contribution in [0.1, 0.15) is 33.6 Å². The number of piperazine rings is 1. The van der Waals surface area contributed by atoms with Crippen LogP contribution in [0.2, 0.25) is 0 Å². The van der Waals surface area contributed by atoms with Gasteiger partial charge in [-0.25, -0.2) is 0 Å². The van der Waals surface area contributed by atoms with Crippen LogP contribution >= 0.6 is 0 Å². The van der Waals surface area contributed by atoms with Crippen molar-refractivity contribution in [2.45, 2.75) is 45.3 Å². The summed E-state index contributed by atoms with van der Waals surface area (Å²) in [7, 11) is 0. The van der Waals surface area contributed by atoms with Crippen molar-refractivity contribution < 1.29 is 9.53 Å². The molecule has 1 N–H and O–H groups in total. The number of rotatable bonds is 4. The van der Waals surface area contributed by atoms with E-state index < -0.39 is 0 Å². The van der Waals surface area contributed by atoms with Gasteiger partial charge in [0, 0.05) is 44.9 Å². The maximum absolute atomic E-state index is 12.1. The molecule has 0 bridgehead atoms. The van der Waals surface area contributed by atoms with Gasteiger partial charge in [-0.05, 0) is 33.6 Å². The molecule has 0 aromatic carbocycles. The molecule has 2 saturated heterocycles. The Hall–Kier alpha value is -0.650. The van der Waals surface area contributed by atoms with Crippen molar-refractivity contribution in [2.24, 2.45) is 0 Å². The zero-order valence-electron chi connectivity index (χ0n) is 13.2. The quantitative estimate of drug-likeness (QED) is 0.825. The normalized spacial score (nSPS) is 25.1. The molecule has 116 valence electrons. The monoisotopic (exact) mass is 283 g/mol. The summed E-state index contributed by atoms with van der Waals surface area (Å²) in [6.45, 7) is 12.3. The number of nitrogens with zero attached hydrogens (tertiary/aromatic N) is 2. The Bertz CT molecular complexity index is 314. The molecule has 0 aromatic heterocycles. The standard InChI is InChI=1S/C15H29N3O2/c1-15(2,3)16-11-14(19)18-8-6-17(7-9-18)12-13-5-4-10-20-13/h13,16H,4-12H2,1-3H3. The number of ether oxygens (including phenoxy) is 1. The molecule has 2 rings (SSSR count). The topological polar surface area (TPSA) is 44.8 Å². The molecule has 0 radical (unpaired) electrons. The third-order valence-corrected chi connectivity index (χ3v) is 3.98. The van der Waals surface area contributed by atoms with Gasteiger partial charge >= 0.3 is 0 Å². The van der Waals surface area contributed by atoms with Crippen LogP contribution in [-0.2, 0) is 9.53 Å². The van der Waals surface area contributed by atoms with E-state index in [4.69, 9.17) is 4.74 Å². The Morgan fingerprint density at radius 2 is 1.95 bits per heavy atom. The summed E-state index contributed by atoms with van der Waals surface area (Å²) in [5, 5.41) is 3.26. The first kappa shape index (κ1) is 15.7. The van der Waals surface area contributed by atoms with Gasteiger partial charge in [0.1, 0.15) is 0 Å². The lowest BCUT2D eigenvalue weighted by atomic mass is 10.1. The number of hydrogen-bond acceptors (Lipinski definition) is 4. The predicted molar refractivity (Wildman–Crippen MR) is 79.7 cm³/mol. The Labute approximate surface area is 122 Å². The Kier molecular flexibility index (Phi) is 5.41. The van der Waals surface area contributed by atoms with E-state index in [1.54, 1.807) is 0 Å². The zero-order valence-corrected chi connectivity index (χ0v) is 13.2. The molecule has 2 heterocycles. The molecule has 20 heavy (non-hydrogen) atoms. The molecule has 5 nitrogen and oxygen atoms in total. The highest BCUT2D eigenvalue weighted by Crippen LogP contribution is 2.14. The van der Waals surface area contributed by atoms with Gasteiger partial charge in [0.15, 0.2) is 0 Å². The molecule has 2 aliphatic heterocycles. The maximum Gasteiger partial charge on any atom is 0.236 e. The average Bonchev–Trinajstić information content (AvgIpc) is 2.89. The number of amides is 1. The van der Waals surface area contributed by atoms with E-state index in [0.29, 0.717) is 12.6 Å². The summed E-state index contributed by atoms with van der Waals surface area (Å²) in [5.41, 5.74) is -0.00268. The Balaban J connectivity index is 1.66. The van der Waals surface area contributed by atoms with Crippen LogP contribution < -0.4 is 5.32 Å². The fraction of sp³-hybridized carbons (Fsp3) is 0.933. The van der Waals surface area contributed by atoms with Crippen molar-refractivity contribution in [1.82, 2.24) is 15.1 Å². The van der Waals surface area contributed by atoms with E-state index in [-0.39, 0.29) is 11.4 Å². The number of carbonyl (C=O) groups is 1. The summed E-state index contributed by atoms with van der Waals surface area (Å²) < 4.78 is 5.67. The van der Waals surface area contributed by atoms with Gasteiger partial charge in [0.25, 0.3) is 0 Å². The van der Waals surface area contributed by atoms with Crippen molar-refractivity contribution >= 4 is 5.91 Å². The minimum atomic E-state index is -0.00268. The number of hydrogen-bond donors (Lipinski definition) is 1. The van der Waals surface area contributed by atoms with Crippen molar-refractivity contribution in [3.8, 4) is 0 Å². The second-order valence-electron chi connectivity index (χ2n) is 6.92. The summed E-state index contributed by atoms with van der Waals surface area (Å²) >= 11 is 0. The fourth-order valence-electron chi connectivity index (χ4n) is 2.71. The molecule has 0 saturated carbocycles. The first-order chi connectivity index (χ1) is 9.44. The van der Waals surface area contributed by atoms with Crippen LogP contribution in [0.5, 0.6) is 0 Å². The highest BCUT2D eigenvalue weighted by Gasteiger charge is 2.25. The number of carbonyl (C=O) groups excluding carboxylic acids is 1. The van der Waals surface area contributed by atoms with Crippen LogP contribution in [0, 0.1) is 0 Å². The first-order valence-electron chi connectivity index (χ1n) is 7.81. The van der Waals surface area contributed by atoms with E-state index >= 15 is 0 Å². The molecule has 0 aromatic rings. The lowest BCUT2D eigenvalue weighted by Crippen LogP contribution is -2.53. The molecule has 0 spiro atoms. The molecular formula is C15H29N3O2. The minimum Gasteiger partial charge on any atom is -0.377 e. The van der Waals surface area contributed by atoms with Crippen LogP contribution in [0.4, 0.5) is 0 Å². The van der Waals surface area contributed by atoms with Crippen LogP contribution in [0.15, 0.2) is 0 Å². The second-order valence-corrected chi connectivity index (χ2v) is 6.92. The lowest BCUT2D eigenvalue weighted by molar-refractivity contribution is -0.132. The summed E-state index contributed by atoms with van der Waals surface area (Å²) in [4.78, 5) is 16.5. The molecular weight excluding hydrogens is 254 g/mol. The van der Waals surface area contributed by atoms with Gasteiger partial charge in [0.2, 0.25) is 5.91 Å². The fourth-order valence-corrected chi connectivity index (χ4v) is 2.71. The zero-order chi connectivity index (χ0) is 14.6. The molecule has 2 fully saturated rings. The summed E-state index contributed by atoms with van der Waals surface area (Å²) in [6, 6.07) is 0. The highest BCUT2D eigenvalue weighted by atomic mass is 16.5. The van der Waals surface area contributed by atoms with E-state index in [0.717, 1.165) is 39.3 Å². The van der Waals surface area contributed by atoms with Gasteiger partial charge in [-0.2, -0.15) is 0 Å². The van der Waals surface area contributed by atoms with E-state index in [2.05, 4.69) is 31.0 Å². The largest absolute Gasteiger partial charge is 0.377 e. The minimum absolute atomic E-state index is 0.00268. The lowest BCUT2D eigenvalue weighted by Gasteiger charge is -2.36. The molecule has 1 atom stereocenters. The molecule has 1 amide bonds. The van der Waals surface area contributed by atoms with E-state index in [1.807, 2.05) is 4.90 Å². The third-order valence-electron chi connectivity index (χ3n) is 3.98. The van der Waals surface area contributed by atoms with Crippen molar-refractivity contribution in [2.75, 3.05) is 45.9 Å². The highest BCUT2D eigenvalue weighted by molar-refractivity contribution is 5.78. The van der Waals surface area contributed by atoms with Crippen LogP contribution in [0.25, 0.3) is 0 Å². The van der Waals surface area contributed by atoms with Crippen LogP contribution in [0.3, 0.4) is 0 Å². The smallest absolute Gasteiger partial charge is 0.236 e. The van der Waals surface area contributed by atoms with Crippen LogP contribution in [-0.4, -0.2) is 73.2 Å². The second kappa shape index (κ2) is 6.87. The van der Waals surface area contributed by atoms with Gasteiger partial charge in [-0.15, -0.1) is 0 Å². The first-order valence-corrected chi connectivity index (χ1v) is 7.81. The third kappa shape index (κ3) is 5.04. The Morgan fingerprint density at radius 1 is 1.25 bits per heavy atom. The molecule has 0 aliphatic carbocycles. The molecule has 2 aliphatic rings. The predicted octanol–water partition coefficient (Wildman–Crippen LogP) is 0.698. The van der Waals surface area contributed by atoms with Crippen molar-refractivity contribution in [1.29, 1.82) is 0 Å². The molecule has 5 heteroatoms. The summed E-state index contributed by atoms with van der Waals surface area (Å²) in [6.07, 6.45) is 2.80. The van der Waals surface area contributed by atoms with Gasteiger partial charge in [0.05, 0.1) is 12.6 Å². The SMILES string of the molecule is CC(C)(C)NCC(=O)N1CCN(CC2CCCO2)CC1. The van der Waals surface area contributed by atoms with E-state index in [9.17, 15) is 4.79 Å². The van der Waals surface area contributed by atoms with Gasteiger partial charge in [-0.3, -0.25) is 9.69 Å². The summed E-state index contributed by atoms with van der Waals surface area (Å²) in [5.74, 6) is 0.219. The Morgan fingerprint density at radius 3 is 2.50 bits per heavy atom. The van der Waals surface area contributed by atoms with Gasteiger partial charge in [-0.1, -0.05) is 0 Å². The van der Waals surface area contributed by atoms with Crippen molar-refractivity contribution in [3.63, 3.8) is 0 Å². The average molecular weight is 283 g/mol. The number of nitrogens with one attached hydrogen (secondary N) is 1. The van der Waals surface area contributed by atoms with Gasteiger partial charge < -0.3 is 15.0 Å².